The molecular formula is C14H20N2O3. The van der Waals surface area contributed by atoms with E-state index in [4.69, 9.17) is 4.84 Å². The van der Waals surface area contributed by atoms with E-state index in [0.29, 0.717) is 18.1 Å². The number of nitrogens with one attached hydrogen (secondary N) is 2. The number of amides is 2. The van der Waals surface area contributed by atoms with E-state index in [2.05, 4.69) is 10.8 Å². The normalized spacial score (nSPS) is 10.3. The molecular weight excluding hydrogens is 244 g/mol. The first-order chi connectivity index (χ1) is 9.09. The summed E-state index contributed by atoms with van der Waals surface area (Å²) in [6, 6.07) is 8.88. The van der Waals surface area contributed by atoms with Crippen molar-refractivity contribution in [2.75, 3.05) is 13.2 Å². The second-order valence-corrected chi connectivity index (χ2v) is 4.60. The van der Waals surface area contributed by atoms with Gasteiger partial charge >= 0.3 is 0 Å². The van der Waals surface area contributed by atoms with Gasteiger partial charge in [-0.3, -0.25) is 14.4 Å². The fourth-order valence-electron chi connectivity index (χ4n) is 1.32. The molecule has 5 nitrogen and oxygen atoms in total. The SMILES string of the molecule is CC(C)CONC(=O)CCNC(=O)c1ccccc1. The lowest BCUT2D eigenvalue weighted by Gasteiger charge is -2.08. The van der Waals surface area contributed by atoms with Crippen LogP contribution in [0.1, 0.15) is 30.6 Å². The highest BCUT2D eigenvalue weighted by Crippen LogP contribution is 1.97. The van der Waals surface area contributed by atoms with Crippen molar-refractivity contribution in [2.24, 2.45) is 5.92 Å². The van der Waals surface area contributed by atoms with Crippen molar-refractivity contribution in [1.82, 2.24) is 10.8 Å². The van der Waals surface area contributed by atoms with Crippen LogP contribution in [0.25, 0.3) is 0 Å². The summed E-state index contributed by atoms with van der Waals surface area (Å²) in [5.41, 5.74) is 2.92. The molecule has 0 spiro atoms. The Hall–Kier alpha value is -1.88. The summed E-state index contributed by atoms with van der Waals surface area (Å²) in [5, 5.41) is 2.67. The third kappa shape index (κ3) is 6.57. The van der Waals surface area contributed by atoms with E-state index in [1.54, 1.807) is 24.3 Å². The fraction of sp³-hybridized carbons (Fsp3) is 0.429. The molecule has 0 unspecified atom stereocenters. The minimum Gasteiger partial charge on any atom is -0.352 e. The molecule has 1 aromatic rings. The summed E-state index contributed by atoms with van der Waals surface area (Å²) in [4.78, 5) is 28.0. The summed E-state index contributed by atoms with van der Waals surface area (Å²) >= 11 is 0. The van der Waals surface area contributed by atoms with Gasteiger partial charge in [0.05, 0.1) is 6.61 Å². The zero-order valence-electron chi connectivity index (χ0n) is 11.3. The Morgan fingerprint density at radius 1 is 1.21 bits per heavy atom. The van der Waals surface area contributed by atoms with Gasteiger partial charge < -0.3 is 5.32 Å². The lowest BCUT2D eigenvalue weighted by molar-refractivity contribution is -0.134. The maximum absolute atomic E-state index is 11.7. The smallest absolute Gasteiger partial charge is 0.251 e. The van der Waals surface area contributed by atoms with Gasteiger partial charge in [0.2, 0.25) is 5.91 Å². The number of carbonyl (C=O) groups is 2. The van der Waals surface area contributed by atoms with Crippen LogP contribution < -0.4 is 10.8 Å². The van der Waals surface area contributed by atoms with Crippen molar-refractivity contribution in [3.8, 4) is 0 Å². The summed E-state index contributed by atoms with van der Waals surface area (Å²) in [5.74, 6) is -0.0661. The molecule has 1 aromatic carbocycles. The molecule has 19 heavy (non-hydrogen) atoms. The third-order valence-corrected chi connectivity index (χ3v) is 2.28. The van der Waals surface area contributed by atoms with Crippen molar-refractivity contribution < 1.29 is 14.4 Å². The average Bonchev–Trinajstić information content (AvgIpc) is 2.39. The number of hydrogen-bond acceptors (Lipinski definition) is 3. The third-order valence-electron chi connectivity index (χ3n) is 2.28. The molecule has 0 saturated carbocycles. The summed E-state index contributed by atoms with van der Waals surface area (Å²) in [7, 11) is 0. The quantitative estimate of drug-likeness (QED) is 0.734. The second-order valence-electron chi connectivity index (χ2n) is 4.60. The first kappa shape index (κ1) is 15.2. The number of hydroxylamine groups is 1. The van der Waals surface area contributed by atoms with E-state index in [1.807, 2.05) is 19.9 Å². The van der Waals surface area contributed by atoms with Gasteiger partial charge in [-0.25, -0.2) is 5.48 Å². The van der Waals surface area contributed by atoms with Crippen LogP contribution in [0.2, 0.25) is 0 Å². The highest BCUT2D eigenvalue weighted by Gasteiger charge is 2.06. The zero-order chi connectivity index (χ0) is 14.1. The highest BCUT2D eigenvalue weighted by atomic mass is 16.6. The number of carbonyl (C=O) groups excluding carboxylic acids is 2. The van der Waals surface area contributed by atoms with Crippen molar-refractivity contribution in [3.05, 3.63) is 35.9 Å². The van der Waals surface area contributed by atoms with Crippen molar-refractivity contribution >= 4 is 11.8 Å². The monoisotopic (exact) mass is 264 g/mol. The van der Waals surface area contributed by atoms with Gasteiger partial charge in [0, 0.05) is 18.5 Å². The van der Waals surface area contributed by atoms with Crippen LogP contribution in [0.3, 0.4) is 0 Å². The van der Waals surface area contributed by atoms with Crippen molar-refractivity contribution in [3.63, 3.8) is 0 Å². The molecule has 0 aliphatic heterocycles. The first-order valence-corrected chi connectivity index (χ1v) is 6.33. The molecule has 104 valence electrons. The predicted molar refractivity (Wildman–Crippen MR) is 72.3 cm³/mol. The summed E-state index contributed by atoms with van der Waals surface area (Å²) in [6.45, 7) is 4.74. The molecule has 1 rings (SSSR count). The Balaban J connectivity index is 2.16. The Bertz CT molecular complexity index is 404. The van der Waals surface area contributed by atoms with Crippen LogP contribution in [0.15, 0.2) is 30.3 Å². The van der Waals surface area contributed by atoms with Gasteiger partial charge in [-0.1, -0.05) is 32.0 Å². The Labute approximate surface area is 113 Å². The van der Waals surface area contributed by atoms with Crippen LogP contribution in [0, 0.1) is 5.92 Å². The van der Waals surface area contributed by atoms with Crippen molar-refractivity contribution in [2.45, 2.75) is 20.3 Å². The maximum atomic E-state index is 11.7. The lowest BCUT2D eigenvalue weighted by atomic mass is 10.2. The molecule has 5 heteroatoms. The van der Waals surface area contributed by atoms with Gasteiger partial charge in [0.1, 0.15) is 0 Å². The molecule has 0 aromatic heterocycles. The largest absolute Gasteiger partial charge is 0.352 e. The molecule has 0 radical (unpaired) electrons. The van der Waals surface area contributed by atoms with E-state index >= 15 is 0 Å². The molecule has 0 heterocycles. The summed E-state index contributed by atoms with van der Waals surface area (Å²) < 4.78 is 0. The maximum Gasteiger partial charge on any atom is 0.251 e. The molecule has 0 atom stereocenters. The highest BCUT2D eigenvalue weighted by molar-refractivity contribution is 5.94. The van der Waals surface area contributed by atoms with E-state index in [9.17, 15) is 9.59 Å². The Morgan fingerprint density at radius 2 is 1.89 bits per heavy atom. The van der Waals surface area contributed by atoms with Gasteiger partial charge in [0.25, 0.3) is 5.91 Å². The molecule has 2 N–H and O–H groups in total. The van der Waals surface area contributed by atoms with E-state index < -0.39 is 0 Å². The van der Waals surface area contributed by atoms with Crippen LogP contribution in [0.5, 0.6) is 0 Å². The molecule has 2 amide bonds. The average molecular weight is 264 g/mol. The summed E-state index contributed by atoms with van der Waals surface area (Å²) in [6.07, 6.45) is 0.191. The van der Waals surface area contributed by atoms with Crippen LogP contribution >= 0.6 is 0 Å². The van der Waals surface area contributed by atoms with Gasteiger partial charge in [-0.05, 0) is 18.1 Å². The molecule has 0 bridgehead atoms. The number of rotatable bonds is 7. The first-order valence-electron chi connectivity index (χ1n) is 6.33. The van der Waals surface area contributed by atoms with Crippen LogP contribution in [0.4, 0.5) is 0 Å². The minimum absolute atomic E-state index is 0.184. The molecule has 0 aliphatic carbocycles. The van der Waals surface area contributed by atoms with Gasteiger partial charge in [0.15, 0.2) is 0 Å². The topological polar surface area (TPSA) is 67.4 Å². The molecule has 0 saturated heterocycles. The van der Waals surface area contributed by atoms with Gasteiger partial charge in [-0.15, -0.1) is 0 Å². The molecule has 0 fully saturated rings. The van der Waals surface area contributed by atoms with E-state index in [0.717, 1.165) is 0 Å². The van der Waals surface area contributed by atoms with E-state index in [-0.39, 0.29) is 24.8 Å². The predicted octanol–water partition coefficient (Wildman–Crippen LogP) is 1.51. The number of benzene rings is 1. The molecule has 0 aliphatic rings. The second kappa shape index (κ2) is 8.26. The zero-order valence-corrected chi connectivity index (χ0v) is 11.3. The standard InChI is InChI=1S/C14H20N2O3/c1-11(2)10-19-16-13(17)8-9-15-14(18)12-6-4-3-5-7-12/h3-7,11H,8-10H2,1-2H3,(H,15,18)(H,16,17). The Morgan fingerprint density at radius 3 is 2.53 bits per heavy atom. The lowest BCUT2D eigenvalue weighted by Crippen LogP contribution is -2.31. The van der Waals surface area contributed by atoms with Crippen LogP contribution in [-0.4, -0.2) is 25.0 Å². The minimum atomic E-state index is -0.242. The fourth-order valence-corrected chi connectivity index (χ4v) is 1.32. The van der Waals surface area contributed by atoms with Gasteiger partial charge in [-0.2, -0.15) is 0 Å². The Kier molecular flexibility index (Phi) is 6.60. The van der Waals surface area contributed by atoms with E-state index in [1.165, 1.54) is 0 Å². The van der Waals surface area contributed by atoms with Crippen molar-refractivity contribution in [1.29, 1.82) is 0 Å². The van der Waals surface area contributed by atoms with Crippen LogP contribution in [-0.2, 0) is 9.63 Å². The number of hydrogen-bond donors (Lipinski definition) is 2.